The number of carbonyl (C=O) groups excluding carboxylic acids is 2. The average Bonchev–Trinajstić information content (AvgIpc) is 3.06. The highest BCUT2D eigenvalue weighted by molar-refractivity contribution is 5.68. The smallest absolute Gasteiger partial charge is 0.408 e. The molecule has 1 amide bonds. The lowest BCUT2D eigenvalue weighted by molar-refractivity contribution is -0.109. The Hall–Kier alpha value is -2.60. The number of hydrogen-bond donors (Lipinski definition) is 2. The average molecular weight is 303 g/mol. The Bertz CT molecular complexity index is 582. The number of furan rings is 1. The number of nitrogens with one attached hydrogen (secondary N) is 1. The third kappa shape index (κ3) is 4.46. The summed E-state index contributed by atoms with van der Waals surface area (Å²) in [6.07, 6.45) is 0.0950. The van der Waals surface area contributed by atoms with Gasteiger partial charge in [-0.1, -0.05) is 30.3 Å². The number of alkyl carbamates (subject to hydrolysis) is 1. The first kappa shape index (κ1) is 15.8. The van der Waals surface area contributed by atoms with Gasteiger partial charge >= 0.3 is 6.09 Å². The summed E-state index contributed by atoms with van der Waals surface area (Å²) < 4.78 is 10.3. The summed E-state index contributed by atoms with van der Waals surface area (Å²) in [5.74, 6) is 0.353. The molecule has 1 aromatic heterocycles. The van der Waals surface area contributed by atoms with Crippen LogP contribution in [0.4, 0.5) is 4.79 Å². The molecular weight excluding hydrogens is 286 g/mol. The van der Waals surface area contributed by atoms with Crippen molar-refractivity contribution >= 4 is 12.4 Å². The van der Waals surface area contributed by atoms with Gasteiger partial charge in [0.15, 0.2) is 0 Å². The molecule has 1 heterocycles. The van der Waals surface area contributed by atoms with Gasteiger partial charge in [0.25, 0.3) is 0 Å². The van der Waals surface area contributed by atoms with E-state index in [0.717, 1.165) is 5.56 Å². The maximum Gasteiger partial charge on any atom is 0.408 e. The lowest BCUT2D eigenvalue weighted by atomic mass is 10.1. The molecule has 2 aromatic rings. The van der Waals surface area contributed by atoms with Crippen LogP contribution in [0.2, 0.25) is 0 Å². The molecule has 2 atom stereocenters. The van der Waals surface area contributed by atoms with E-state index in [9.17, 15) is 14.7 Å². The van der Waals surface area contributed by atoms with E-state index in [2.05, 4.69) is 5.32 Å². The van der Waals surface area contributed by atoms with Crippen molar-refractivity contribution in [1.82, 2.24) is 5.32 Å². The fourth-order valence-corrected chi connectivity index (χ4v) is 1.95. The quantitative estimate of drug-likeness (QED) is 0.765. The minimum atomic E-state index is -1.09. The summed E-state index contributed by atoms with van der Waals surface area (Å²) in [5.41, 5.74) is 0.848. The van der Waals surface area contributed by atoms with Crippen molar-refractivity contribution in [3.63, 3.8) is 0 Å². The summed E-state index contributed by atoms with van der Waals surface area (Å²) in [6.45, 7) is 0.112. The SMILES string of the molecule is O=CC[C@H](O)[C@@H](NC(=O)OCc1ccccc1)c1ccco1. The first-order valence-corrected chi connectivity index (χ1v) is 6.83. The van der Waals surface area contributed by atoms with Crippen LogP contribution < -0.4 is 5.32 Å². The van der Waals surface area contributed by atoms with Crippen LogP contribution in [0.3, 0.4) is 0 Å². The van der Waals surface area contributed by atoms with Crippen LogP contribution in [0, 0.1) is 0 Å². The third-order valence-corrected chi connectivity index (χ3v) is 3.06. The van der Waals surface area contributed by atoms with E-state index in [4.69, 9.17) is 9.15 Å². The zero-order chi connectivity index (χ0) is 15.8. The van der Waals surface area contributed by atoms with Crippen molar-refractivity contribution < 1.29 is 23.8 Å². The number of amides is 1. The van der Waals surface area contributed by atoms with Crippen molar-refractivity contribution in [1.29, 1.82) is 0 Å². The summed E-state index contributed by atoms with van der Waals surface area (Å²) in [5, 5.41) is 12.5. The fourth-order valence-electron chi connectivity index (χ4n) is 1.95. The fraction of sp³-hybridized carbons (Fsp3) is 0.250. The molecule has 0 fully saturated rings. The predicted octanol–water partition coefficient (Wildman–Crippen LogP) is 2.20. The molecule has 0 aliphatic carbocycles. The van der Waals surface area contributed by atoms with Crippen molar-refractivity contribution in [3.05, 3.63) is 60.1 Å². The Morgan fingerprint density at radius 1 is 1.27 bits per heavy atom. The molecular formula is C16H17NO5. The number of rotatable bonds is 7. The second kappa shape index (κ2) is 7.99. The van der Waals surface area contributed by atoms with Crippen LogP contribution in [0.1, 0.15) is 23.8 Å². The van der Waals surface area contributed by atoms with Gasteiger partial charge in [-0.15, -0.1) is 0 Å². The number of hydrogen-bond acceptors (Lipinski definition) is 5. The minimum Gasteiger partial charge on any atom is -0.467 e. The Labute approximate surface area is 127 Å². The first-order chi connectivity index (χ1) is 10.7. The van der Waals surface area contributed by atoms with Crippen molar-refractivity contribution in [3.8, 4) is 0 Å². The normalized spacial score (nSPS) is 13.1. The monoisotopic (exact) mass is 303 g/mol. The van der Waals surface area contributed by atoms with Gasteiger partial charge in [-0.2, -0.15) is 0 Å². The molecule has 2 rings (SSSR count). The molecule has 0 saturated carbocycles. The van der Waals surface area contributed by atoms with E-state index >= 15 is 0 Å². The van der Waals surface area contributed by atoms with Crippen LogP contribution in [0.25, 0.3) is 0 Å². The van der Waals surface area contributed by atoms with Crippen LogP contribution in [0.15, 0.2) is 53.1 Å². The molecule has 0 aliphatic heterocycles. The van der Waals surface area contributed by atoms with E-state index in [-0.39, 0.29) is 13.0 Å². The van der Waals surface area contributed by atoms with Gasteiger partial charge in [-0.05, 0) is 17.7 Å². The van der Waals surface area contributed by atoms with Gasteiger partial charge in [0.1, 0.15) is 24.7 Å². The minimum absolute atomic E-state index is 0.112. The number of benzene rings is 1. The first-order valence-electron chi connectivity index (χ1n) is 6.83. The highest BCUT2D eigenvalue weighted by Crippen LogP contribution is 2.19. The highest BCUT2D eigenvalue weighted by Gasteiger charge is 2.25. The number of aliphatic hydroxyl groups excluding tert-OH is 1. The Morgan fingerprint density at radius 3 is 2.68 bits per heavy atom. The maximum absolute atomic E-state index is 11.9. The van der Waals surface area contributed by atoms with Crippen LogP contribution in [-0.2, 0) is 16.1 Å². The molecule has 0 spiro atoms. The second-order valence-electron chi connectivity index (χ2n) is 4.67. The van der Waals surface area contributed by atoms with E-state index in [1.54, 1.807) is 12.1 Å². The van der Waals surface area contributed by atoms with Gasteiger partial charge in [0, 0.05) is 6.42 Å². The van der Waals surface area contributed by atoms with Crippen LogP contribution in [0.5, 0.6) is 0 Å². The molecule has 0 saturated heterocycles. The third-order valence-electron chi connectivity index (χ3n) is 3.06. The topological polar surface area (TPSA) is 88.8 Å². The molecule has 0 bridgehead atoms. The molecule has 22 heavy (non-hydrogen) atoms. The zero-order valence-corrected chi connectivity index (χ0v) is 11.8. The van der Waals surface area contributed by atoms with Gasteiger partial charge in [0.2, 0.25) is 0 Å². The standard InChI is InChI=1S/C16H17NO5/c18-9-8-13(19)15(14-7-4-10-21-14)17-16(20)22-11-12-5-2-1-3-6-12/h1-7,9-10,13,15,19H,8,11H2,(H,17,20)/t13-,15+/m0/s1. The molecule has 0 radical (unpaired) electrons. The maximum atomic E-state index is 11.9. The lowest BCUT2D eigenvalue weighted by Crippen LogP contribution is -2.36. The van der Waals surface area contributed by atoms with Crippen molar-refractivity contribution in [2.45, 2.75) is 25.2 Å². The molecule has 6 nitrogen and oxygen atoms in total. The molecule has 0 unspecified atom stereocenters. The highest BCUT2D eigenvalue weighted by atomic mass is 16.5. The Balaban J connectivity index is 1.94. The van der Waals surface area contributed by atoms with Crippen molar-refractivity contribution in [2.75, 3.05) is 0 Å². The molecule has 2 N–H and O–H groups in total. The molecule has 0 aliphatic rings. The van der Waals surface area contributed by atoms with E-state index in [1.165, 1.54) is 6.26 Å². The van der Waals surface area contributed by atoms with Gasteiger partial charge in [0.05, 0.1) is 12.4 Å². The number of ether oxygens (including phenoxy) is 1. The summed E-state index contributed by atoms with van der Waals surface area (Å²) in [4.78, 5) is 22.4. The Kier molecular flexibility index (Phi) is 5.73. The molecule has 6 heteroatoms. The van der Waals surface area contributed by atoms with E-state index < -0.39 is 18.2 Å². The lowest BCUT2D eigenvalue weighted by Gasteiger charge is -2.20. The van der Waals surface area contributed by atoms with Gasteiger partial charge in [-0.3, -0.25) is 0 Å². The summed E-state index contributed by atoms with van der Waals surface area (Å²) in [6, 6.07) is 11.6. The second-order valence-corrected chi connectivity index (χ2v) is 4.67. The Morgan fingerprint density at radius 2 is 2.05 bits per heavy atom. The van der Waals surface area contributed by atoms with Crippen molar-refractivity contribution in [2.24, 2.45) is 0 Å². The summed E-state index contributed by atoms with van der Waals surface area (Å²) >= 11 is 0. The molecule has 1 aromatic carbocycles. The van der Waals surface area contributed by atoms with Crippen LogP contribution >= 0.6 is 0 Å². The van der Waals surface area contributed by atoms with Crippen LogP contribution in [-0.4, -0.2) is 23.6 Å². The predicted molar refractivity (Wildman–Crippen MR) is 77.9 cm³/mol. The summed E-state index contributed by atoms with van der Waals surface area (Å²) in [7, 11) is 0. The van der Waals surface area contributed by atoms with Gasteiger partial charge in [-0.25, -0.2) is 4.79 Å². The number of carbonyl (C=O) groups is 2. The van der Waals surface area contributed by atoms with E-state index in [0.29, 0.717) is 12.0 Å². The number of aldehydes is 1. The molecule has 116 valence electrons. The largest absolute Gasteiger partial charge is 0.467 e. The van der Waals surface area contributed by atoms with E-state index in [1.807, 2.05) is 30.3 Å². The zero-order valence-electron chi connectivity index (χ0n) is 11.8. The number of aliphatic hydroxyl groups is 1. The van der Waals surface area contributed by atoms with Gasteiger partial charge < -0.3 is 24.4 Å².